The molecule has 0 spiro atoms. The molecule has 34 heavy (non-hydrogen) atoms. The van der Waals surface area contributed by atoms with Crippen molar-refractivity contribution in [1.82, 2.24) is 0 Å². The van der Waals surface area contributed by atoms with Gasteiger partial charge in [0.1, 0.15) is 0 Å². The summed E-state index contributed by atoms with van der Waals surface area (Å²) in [6, 6.07) is 41.6. The molecule has 1 N–H and O–H groups in total. The number of aliphatic hydroxyl groups is 1. The summed E-state index contributed by atoms with van der Waals surface area (Å²) in [5.41, 5.74) is -0.483. The van der Waals surface area contributed by atoms with Gasteiger partial charge in [-0.05, 0) is 48.4 Å². The second-order valence-corrected chi connectivity index (χ2v) is 13.7. The van der Waals surface area contributed by atoms with Gasteiger partial charge in [-0.3, -0.25) is 0 Å². The lowest BCUT2D eigenvalue weighted by atomic mass is 9.83. The van der Waals surface area contributed by atoms with Crippen LogP contribution in [0.5, 0.6) is 0 Å². The first-order chi connectivity index (χ1) is 16.2. The smallest absolute Gasteiger partial charge is 0.309 e. The van der Waals surface area contributed by atoms with E-state index in [2.05, 4.69) is 115 Å². The van der Waals surface area contributed by atoms with Gasteiger partial charge in [0.25, 0.3) is 0 Å². The summed E-state index contributed by atoms with van der Waals surface area (Å²) in [5, 5.41) is 15.8. The third-order valence-corrected chi connectivity index (χ3v) is 11.9. The second kappa shape index (κ2) is 9.75. The highest BCUT2D eigenvalue weighted by Crippen LogP contribution is 2.24. The minimum atomic E-state index is -2.49. The van der Waals surface area contributed by atoms with E-state index < -0.39 is 19.3 Å². The highest BCUT2D eigenvalue weighted by Gasteiger charge is 2.41. The molecular formula is C30H33BO2Si. The molecule has 0 heterocycles. The molecule has 4 rings (SSSR count). The van der Waals surface area contributed by atoms with E-state index in [1.54, 1.807) is 13.8 Å². The van der Waals surface area contributed by atoms with Gasteiger partial charge < -0.3 is 9.76 Å². The van der Waals surface area contributed by atoms with E-state index in [1.165, 1.54) is 20.7 Å². The average molecular weight is 464 g/mol. The number of hydrogen-bond acceptors (Lipinski definition) is 2. The van der Waals surface area contributed by atoms with Gasteiger partial charge in [-0.25, -0.2) is 0 Å². The number of benzene rings is 4. The van der Waals surface area contributed by atoms with Gasteiger partial charge in [-0.2, -0.15) is 0 Å². The van der Waals surface area contributed by atoms with Gasteiger partial charge in [0, 0.05) is 0 Å². The Bertz CT molecular complexity index is 1090. The van der Waals surface area contributed by atoms with E-state index >= 15 is 0 Å². The van der Waals surface area contributed by atoms with Crippen LogP contribution in [-0.2, 0) is 4.65 Å². The van der Waals surface area contributed by atoms with E-state index in [4.69, 9.17) is 4.65 Å². The molecule has 0 saturated carbocycles. The normalized spacial score (nSPS) is 12.4. The lowest BCUT2D eigenvalue weighted by Crippen LogP contribution is -2.74. The monoisotopic (exact) mass is 464 g/mol. The lowest BCUT2D eigenvalue weighted by molar-refractivity contribution is -0.0893. The summed E-state index contributed by atoms with van der Waals surface area (Å²) in [6.07, 6.45) is 0. The zero-order valence-corrected chi connectivity index (χ0v) is 21.5. The minimum absolute atomic E-state index is 0.452. The van der Waals surface area contributed by atoms with Crippen LogP contribution in [0.2, 0.25) is 0 Å². The molecule has 2 nitrogen and oxygen atoms in total. The first-order valence-electron chi connectivity index (χ1n) is 11.9. The van der Waals surface area contributed by atoms with E-state index in [9.17, 15) is 5.11 Å². The van der Waals surface area contributed by atoms with E-state index in [-0.39, 0.29) is 0 Å². The zero-order valence-electron chi connectivity index (χ0n) is 20.5. The summed E-state index contributed by atoms with van der Waals surface area (Å²) in [5.74, 6) is 0. The molecule has 0 aliphatic carbocycles. The predicted molar refractivity (Wildman–Crippen MR) is 148 cm³/mol. The van der Waals surface area contributed by atoms with Crippen LogP contribution >= 0.6 is 0 Å². The SMILES string of the molecule is CC(C)(O)C(C)(C)OBc1ccc([Si](c2ccccc2)(c2ccccc2)c2ccccc2)cc1. The van der Waals surface area contributed by atoms with Crippen molar-refractivity contribution in [3.63, 3.8) is 0 Å². The predicted octanol–water partition coefficient (Wildman–Crippen LogP) is 2.61. The maximum atomic E-state index is 10.4. The van der Waals surface area contributed by atoms with Crippen molar-refractivity contribution in [2.24, 2.45) is 0 Å². The van der Waals surface area contributed by atoms with Crippen molar-refractivity contribution in [1.29, 1.82) is 0 Å². The fraction of sp³-hybridized carbons (Fsp3) is 0.200. The molecule has 0 bridgehead atoms. The Morgan fingerprint density at radius 2 is 0.912 bits per heavy atom. The van der Waals surface area contributed by atoms with Crippen LogP contribution < -0.4 is 26.2 Å². The van der Waals surface area contributed by atoms with Crippen LogP contribution in [0.15, 0.2) is 115 Å². The van der Waals surface area contributed by atoms with Crippen LogP contribution in [0.4, 0.5) is 0 Å². The summed E-state index contributed by atoms with van der Waals surface area (Å²) in [7, 11) is -2.04. The second-order valence-electron chi connectivity index (χ2n) is 9.90. The van der Waals surface area contributed by atoms with Crippen LogP contribution in [0.3, 0.4) is 0 Å². The fourth-order valence-electron chi connectivity index (χ4n) is 4.36. The largest absolute Gasteiger partial charge is 0.427 e. The van der Waals surface area contributed by atoms with Crippen molar-refractivity contribution in [2.45, 2.75) is 38.9 Å². The van der Waals surface area contributed by atoms with Crippen molar-refractivity contribution < 1.29 is 9.76 Å². The van der Waals surface area contributed by atoms with Gasteiger partial charge in [-0.15, -0.1) is 0 Å². The standard InChI is InChI=1S/C30H33BO2Si/c1-29(2,32)30(3,4)33-31-24-20-22-28(23-21-24)34(25-14-8-5-9-15-25,26-16-10-6-11-17-26)27-18-12-7-13-19-27/h5-23,31-32H,1-4H3. The van der Waals surface area contributed by atoms with E-state index in [0.717, 1.165) is 5.46 Å². The lowest BCUT2D eigenvalue weighted by Gasteiger charge is -2.37. The molecular weight excluding hydrogens is 431 g/mol. The third kappa shape index (κ3) is 4.67. The maximum Gasteiger partial charge on any atom is 0.309 e. The Balaban J connectivity index is 1.82. The molecule has 0 unspecified atom stereocenters. The first kappa shape index (κ1) is 24.2. The molecule has 0 saturated heterocycles. The van der Waals surface area contributed by atoms with E-state index in [1.807, 2.05) is 13.8 Å². The van der Waals surface area contributed by atoms with Crippen molar-refractivity contribution >= 4 is 41.8 Å². The Morgan fingerprint density at radius 1 is 0.559 bits per heavy atom. The van der Waals surface area contributed by atoms with E-state index in [0.29, 0.717) is 7.48 Å². The van der Waals surface area contributed by atoms with Crippen LogP contribution in [0, 0.1) is 0 Å². The van der Waals surface area contributed by atoms with Gasteiger partial charge >= 0.3 is 7.48 Å². The molecule has 0 aromatic heterocycles. The van der Waals surface area contributed by atoms with Crippen LogP contribution in [0.1, 0.15) is 27.7 Å². The van der Waals surface area contributed by atoms with Gasteiger partial charge in [-0.1, -0.05) is 121 Å². The summed E-state index contributed by atoms with van der Waals surface area (Å²) in [4.78, 5) is 0. The molecule has 0 fully saturated rings. The molecule has 0 atom stereocenters. The first-order valence-corrected chi connectivity index (χ1v) is 13.9. The Hall–Kier alpha value is -2.92. The molecule has 0 aliphatic heterocycles. The number of rotatable bonds is 8. The van der Waals surface area contributed by atoms with Gasteiger partial charge in [0.2, 0.25) is 0 Å². The minimum Gasteiger partial charge on any atom is -0.427 e. The van der Waals surface area contributed by atoms with Crippen molar-refractivity contribution in [3.05, 3.63) is 115 Å². The molecule has 0 aliphatic rings. The number of hydrogen-bond donors (Lipinski definition) is 1. The topological polar surface area (TPSA) is 29.5 Å². The third-order valence-electron chi connectivity index (χ3n) is 7.08. The maximum absolute atomic E-state index is 10.4. The average Bonchev–Trinajstić information content (AvgIpc) is 2.85. The fourth-order valence-corrected chi connectivity index (χ4v) is 9.10. The Labute approximate surface area is 205 Å². The highest BCUT2D eigenvalue weighted by atomic mass is 28.3. The quantitative estimate of drug-likeness (QED) is 0.321. The molecule has 4 aromatic carbocycles. The zero-order chi connectivity index (χ0) is 24.2. The Kier molecular flexibility index (Phi) is 6.94. The molecule has 172 valence electrons. The van der Waals surface area contributed by atoms with Crippen molar-refractivity contribution in [2.75, 3.05) is 0 Å². The molecule has 4 aromatic rings. The summed E-state index contributed by atoms with van der Waals surface area (Å²) >= 11 is 0. The molecule has 0 amide bonds. The van der Waals surface area contributed by atoms with Gasteiger partial charge in [0.15, 0.2) is 8.07 Å². The Morgan fingerprint density at radius 3 is 1.26 bits per heavy atom. The summed E-state index contributed by atoms with van der Waals surface area (Å²) in [6.45, 7) is 7.43. The molecule has 4 heteroatoms. The van der Waals surface area contributed by atoms with Crippen LogP contribution in [0.25, 0.3) is 0 Å². The van der Waals surface area contributed by atoms with Gasteiger partial charge in [0.05, 0.1) is 11.2 Å². The highest BCUT2D eigenvalue weighted by molar-refractivity contribution is 7.19. The summed E-state index contributed by atoms with van der Waals surface area (Å²) < 4.78 is 6.12. The van der Waals surface area contributed by atoms with Crippen molar-refractivity contribution in [3.8, 4) is 0 Å². The van der Waals surface area contributed by atoms with Crippen LogP contribution in [-0.4, -0.2) is 31.9 Å². The molecule has 0 radical (unpaired) electrons.